The van der Waals surface area contributed by atoms with Gasteiger partial charge in [0.25, 0.3) is 0 Å². The number of benzene rings is 2. The molecule has 0 amide bonds. The van der Waals surface area contributed by atoms with E-state index in [4.69, 9.17) is 4.42 Å². The van der Waals surface area contributed by atoms with Crippen LogP contribution in [-0.2, 0) is 0 Å². The minimum Gasteiger partial charge on any atom is -0.445 e. The molecule has 0 spiro atoms. The lowest BCUT2D eigenvalue weighted by Gasteiger charge is -2.22. The van der Waals surface area contributed by atoms with E-state index in [1.165, 1.54) is 11.1 Å². The second kappa shape index (κ2) is 5.49. The summed E-state index contributed by atoms with van der Waals surface area (Å²) in [5.41, 5.74) is 4.69. The van der Waals surface area contributed by atoms with E-state index >= 15 is 0 Å². The van der Waals surface area contributed by atoms with Crippen molar-refractivity contribution in [2.24, 2.45) is 0 Å². The zero-order chi connectivity index (χ0) is 14.8. The van der Waals surface area contributed by atoms with Crippen LogP contribution >= 0.6 is 0 Å². The van der Waals surface area contributed by atoms with Crippen LogP contribution in [0.1, 0.15) is 16.9 Å². The zero-order valence-electron chi connectivity index (χ0n) is 12.6. The van der Waals surface area contributed by atoms with Crippen LogP contribution in [0.2, 0.25) is 0 Å². The predicted octanol–water partition coefficient (Wildman–Crippen LogP) is 5.67. The summed E-state index contributed by atoms with van der Waals surface area (Å²) in [6, 6.07) is 20.9. The molecule has 0 radical (unpaired) electrons. The summed E-state index contributed by atoms with van der Waals surface area (Å²) in [5, 5.41) is 0. The minimum atomic E-state index is 0.834. The van der Waals surface area contributed by atoms with Crippen LogP contribution < -0.4 is 4.90 Å². The van der Waals surface area contributed by atoms with Gasteiger partial charge in [-0.15, -0.1) is 0 Å². The summed E-state index contributed by atoms with van der Waals surface area (Å²) in [5.74, 6) is 1.74. The molecule has 3 aromatic rings. The normalized spacial score (nSPS) is 10.6. The van der Waals surface area contributed by atoms with Gasteiger partial charge in [0.05, 0.1) is 0 Å². The first-order chi connectivity index (χ1) is 10.1. The molecule has 1 aromatic heterocycles. The summed E-state index contributed by atoms with van der Waals surface area (Å²) in [6.45, 7) is 6.15. The van der Waals surface area contributed by atoms with E-state index in [1.807, 2.05) is 19.1 Å². The van der Waals surface area contributed by atoms with Gasteiger partial charge in [-0.1, -0.05) is 35.4 Å². The van der Waals surface area contributed by atoms with Gasteiger partial charge in [0.15, 0.2) is 0 Å². The lowest BCUT2D eigenvalue weighted by Crippen LogP contribution is -2.08. The molecule has 106 valence electrons. The van der Waals surface area contributed by atoms with Crippen molar-refractivity contribution in [1.29, 1.82) is 0 Å². The number of anilines is 3. The molecule has 2 aromatic carbocycles. The summed E-state index contributed by atoms with van der Waals surface area (Å²) in [4.78, 5) is 2.13. The van der Waals surface area contributed by atoms with Crippen molar-refractivity contribution in [2.75, 3.05) is 4.90 Å². The van der Waals surface area contributed by atoms with E-state index in [-0.39, 0.29) is 0 Å². The Balaban J connectivity index is 2.10. The van der Waals surface area contributed by atoms with Crippen LogP contribution in [0.15, 0.2) is 65.1 Å². The Bertz CT molecular complexity index is 678. The van der Waals surface area contributed by atoms with Crippen molar-refractivity contribution in [1.82, 2.24) is 0 Å². The van der Waals surface area contributed by atoms with Crippen LogP contribution in [0.4, 0.5) is 17.3 Å². The average molecular weight is 277 g/mol. The Hall–Kier alpha value is -2.48. The predicted molar refractivity (Wildman–Crippen MR) is 87.6 cm³/mol. The highest BCUT2D eigenvalue weighted by Gasteiger charge is 2.15. The van der Waals surface area contributed by atoms with Gasteiger partial charge in [-0.2, -0.15) is 0 Å². The van der Waals surface area contributed by atoms with E-state index in [1.54, 1.807) is 0 Å². The van der Waals surface area contributed by atoms with E-state index in [2.05, 4.69) is 67.3 Å². The summed E-state index contributed by atoms with van der Waals surface area (Å²) in [7, 11) is 0. The molecular formula is C19H19NO. The van der Waals surface area contributed by atoms with Gasteiger partial charge in [0.2, 0.25) is 5.88 Å². The molecule has 3 rings (SSSR count). The van der Waals surface area contributed by atoms with Crippen LogP contribution in [0.3, 0.4) is 0 Å². The third-order valence-electron chi connectivity index (χ3n) is 3.53. The van der Waals surface area contributed by atoms with Crippen molar-refractivity contribution >= 4 is 17.3 Å². The van der Waals surface area contributed by atoms with Crippen molar-refractivity contribution in [3.63, 3.8) is 0 Å². The lowest BCUT2D eigenvalue weighted by molar-refractivity contribution is 0.541. The van der Waals surface area contributed by atoms with Gasteiger partial charge < -0.3 is 4.42 Å². The number of hydrogen-bond donors (Lipinski definition) is 0. The van der Waals surface area contributed by atoms with Crippen LogP contribution in [-0.4, -0.2) is 0 Å². The molecule has 1 heterocycles. The molecule has 2 nitrogen and oxygen atoms in total. The van der Waals surface area contributed by atoms with Gasteiger partial charge in [0.1, 0.15) is 5.76 Å². The first kappa shape index (κ1) is 13.5. The van der Waals surface area contributed by atoms with E-state index < -0.39 is 0 Å². The fourth-order valence-electron chi connectivity index (χ4n) is 2.33. The topological polar surface area (TPSA) is 16.4 Å². The van der Waals surface area contributed by atoms with Gasteiger partial charge in [0, 0.05) is 17.4 Å². The molecule has 0 aliphatic rings. The summed E-state index contributed by atoms with van der Waals surface area (Å²) in [6.07, 6.45) is 0. The van der Waals surface area contributed by atoms with Crippen molar-refractivity contribution in [2.45, 2.75) is 20.8 Å². The van der Waals surface area contributed by atoms with Crippen LogP contribution in [0.5, 0.6) is 0 Å². The van der Waals surface area contributed by atoms with Crippen LogP contribution in [0, 0.1) is 20.8 Å². The molecule has 0 aliphatic heterocycles. The number of nitrogens with zero attached hydrogens (tertiary/aromatic N) is 1. The standard InChI is InChI=1S/C19H19NO/c1-14-4-9-17(10-5-14)20(19-13-8-16(3)21-19)18-11-6-15(2)7-12-18/h4-13H,1-3H3. The molecule has 21 heavy (non-hydrogen) atoms. The molecule has 0 bridgehead atoms. The molecule has 0 atom stereocenters. The van der Waals surface area contributed by atoms with Crippen molar-refractivity contribution in [3.8, 4) is 0 Å². The Morgan fingerprint density at radius 2 is 1.10 bits per heavy atom. The fourth-order valence-corrected chi connectivity index (χ4v) is 2.33. The Kier molecular flexibility index (Phi) is 3.53. The Labute approximate surface area is 125 Å². The second-order valence-electron chi connectivity index (χ2n) is 5.39. The average Bonchev–Trinajstić information content (AvgIpc) is 2.90. The third-order valence-corrected chi connectivity index (χ3v) is 3.53. The first-order valence-electron chi connectivity index (χ1n) is 7.13. The highest BCUT2D eigenvalue weighted by molar-refractivity contribution is 5.73. The quantitative estimate of drug-likeness (QED) is 0.613. The molecule has 0 fully saturated rings. The molecule has 0 N–H and O–H groups in total. The van der Waals surface area contributed by atoms with Crippen LogP contribution in [0.25, 0.3) is 0 Å². The summed E-state index contributed by atoms with van der Waals surface area (Å²) >= 11 is 0. The third kappa shape index (κ3) is 2.84. The maximum absolute atomic E-state index is 5.84. The van der Waals surface area contributed by atoms with Crippen molar-refractivity contribution < 1.29 is 4.42 Å². The molecule has 0 saturated heterocycles. The Morgan fingerprint density at radius 1 is 0.619 bits per heavy atom. The molecule has 0 unspecified atom stereocenters. The monoisotopic (exact) mass is 277 g/mol. The molecular weight excluding hydrogens is 258 g/mol. The lowest BCUT2D eigenvalue weighted by atomic mass is 10.1. The fraction of sp³-hybridized carbons (Fsp3) is 0.158. The maximum Gasteiger partial charge on any atom is 0.204 e. The van der Waals surface area contributed by atoms with Gasteiger partial charge >= 0.3 is 0 Å². The summed E-state index contributed by atoms with van der Waals surface area (Å²) < 4.78 is 5.84. The molecule has 0 aliphatic carbocycles. The van der Waals surface area contributed by atoms with Gasteiger partial charge in [-0.25, -0.2) is 0 Å². The number of aryl methyl sites for hydroxylation is 3. The highest BCUT2D eigenvalue weighted by atomic mass is 16.4. The number of furan rings is 1. The molecule has 0 saturated carbocycles. The smallest absolute Gasteiger partial charge is 0.204 e. The van der Waals surface area contributed by atoms with E-state index in [0.29, 0.717) is 0 Å². The SMILES string of the molecule is Cc1ccc(N(c2ccc(C)cc2)c2ccc(C)o2)cc1. The minimum absolute atomic E-state index is 0.834. The van der Waals surface area contributed by atoms with E-state index in [0.717, 1.165) is 23.0 Å². The zero-order valence-corrected chi connectivity index (χ0v) is 12.6. The van der Waals surface area contributed by atoms with Gasteiger partial charge in [-0.05, 0) is 51.1 Å². The van der Waals surface area contributed by atoms with E-state index in [9.17, 15) is 0 Å². The highest BCUT2D eigenvalue weighted by Crippen LogP contribution is 2.35. The molecule has 2 heteroatoms. The second-order valence-corrected chi connectivity index (χ2v) is 5.39. The number of hydrogen-bond acceptors (Lipinski definition) is 2. The Morgan fingerprint density at radius 3 is 1.48 bits per heavy atom. The van der Waals surface area contributed by atoms with Crippen molar-refractivity contribution in [3.05, 3.63) is 77.6 Å². The largest absolute Gasteiger partial charge is 0.445 e. The maximum atomic E-state index is 5.84. The van der Waals surface area contributed by atoms with Gasteiger partial charge in [-0.3, -0.25) is 4.90 Å². The number of rotatable bonds is 3. The first-order valence-corrected chi connectivity index (χ1v) is 7.13.